The second-order valence-corrected chi connectivity index (χ2v) is 7.17. The van der Waals surface area contributed by atoms with Crippen molar-refractivity contribution < 1.29 is 28.7 Å². The largest absolute Gasteiger partial charge is 0.457 e. The van der Waals surface area contributed by atoms with Crippen LogP contribution in [0.25, 0.3) is 10.8 Å². The maximum atomic E-state index is 12.5. The molecular weight excluding hydrogens is 408 g/mol. The summed E-state index contributed by atoms with van der Waals surface area (Å²) in [5.41, 5.74) is 1.16. The maximum absolute atomic E-state index is 12.5. The minimum absolute atomic E-state index is 0.247. The van der Waals surface area contributed by atoms with Gasteiger partial charge >= 0.3 is 11.9 Å². The standard InChI is InChI=1S/C26H14O6/c27-23(15-5-2-1-3-6-15)24(28)16-9-11-17(12-10-16)31-21-14-13-20-22-18(21)7-4-8-19(22)25(29)32-26(20)30/h1-14H. The van der Waals surface area contributed by atoms with Crippen molar-refractivity contribution in [1.29, 1.82) is 0 Å². The lowest BCUT2D eigenvalue weighted by Crippen LogP contribution is -2.19. The summed E-state index contributed by atoms with van der Waals surface area (Å²) >= 11 is 0. The van der Waals surface area contributed by atoms with Crippen LogP contribution in [0, 0.1) is 0 Å². The maximum Gasteiger partial charge on any atom is 0.346 e. The first kappa shape index (κ1) is 19.4. The molecular formula is C26H14O6. The van der Waals surface area contributed by atoms with Crippen LogP contribution in [0.1, 0.15) is 41.4 Å². The van der Waals surface area contributed by atoms with E-state index in [-0.39, 0.29) is 5.56 Å². The normalized spacial score (nSPS) is 12.4. The Kier molecular flexibility index (Phi) is 4.60. The number of ether oxygens (including phenoxy) is 2. The highest BCUT2D eigenvalue weighted by atomic mass is 16.6. The Balaban J connectivity index is 1.44. The van der Waals surface area contributed by atoms with Gasteiger partial charge < -0.3 is 9.47 Å². The summed E-state index contributed by atoms with van der Waals surface area (Å²) in [4.78, 5) is 49.0. The van der Waals surface area contributed by atoms with Crippen LogP contribution in [0.4, 0.5) is 0 Å². The smallest absolute Gasteiger partial charge is 0.346 e. The zero-order chi connectivity index (χ0) is 22.2. The van der Waals surface area contributed by atoms with Crippen LogP contribution < -0.4 is 4.74 Å². The number of ketones is 2. The third kappa shape index (κ3) is 3.24. The molecule has 4 aromatic rings. The Morgan fingerprint density at radius 2 is 1.25 bits per heavy atom. The van der Waals surface area contributed by atoms with E-state index in [4.69, 9.17) is 9.47 Å². The Morgan fingerprint density at radius 3 is 1.94 bits per heavy atom. The molecule has 5 rings (SSSR count). The molecule has 1 aliphatic rings. The minimum Gasteiger partial charge on any atom is -0.457 e. The summed E-state index contributed by atoms with van der Waals surface area (Å²) < 4.78 is 10.7. The Hall–Kier alpha value is -4.58. The van der Waals surface area contributed by atoms with Crippen molar-refractivity contribution in [3.8, 4) is 11.5 Å². The van der Waals surface area contributed by atoms with Crippen molar-refractivity contribution in [3.63, 3.8) is 0 Å². The fourth-order valence-corrected chi connectivity index (χ4v) is 3.66. The van der Waals surface area contributed by atoms with Crippen LogP contribution in [0.2, 0.25) is 0 Å². The van der Waals surface area contributed by atoms with Gasteiger partial charge in [0.05, 0.1) is 11.1 Å². The van der Waals surface area contributed by atoms with E-state index in [2.05, 4.69) is 0 Å². The molecule has 0 fully saturated rings. The molecule has 0 aromatic heterocycles. The third-order valence-electron chi connectivity index (χ3n) is 5.21. The van der Waals surface area contributed by atoms with E-state index in [1.54, 1.807) is 72.8 Å². The zero-order valence-electron chi connectivity index (χ0n) is 16.5. The van der Waals surface area contributed by atoms with Gasteiger partial charge in [-0.3, -0.25) is 9.59 Å². The van der Waals surface area contributed by atoms with Crippen molar-refractivity contribution >= 4 is 34.3 Å². The van der Waals surface area contributed by atoms with Crippen LogP contribution in [-0.2, 0) is 4.74 Å². The Labute approximate surface area is 182 Å². The van der Waals surface area contributed by atoms with Crippen molar-refractivity contribution in [2.75, 3.05) is 0 Å². The van der Waals surface area contributed by atoms with Gasteiger partial charge in [0.2, 0.25) is 11.6 Å². The number of carbonyl (C=O) groups excluding carboxylic acids is 4. The van der Waals surface area contributed by atoms with Crippen molar-refractivity contribution in [1.82, 2.24) is 0 Å². The van der Waals surface area contributed by atoms with E-state index in [1.165, 1.54) is 12.1 Å². The predicted octanol–water partition coefficient (Wildman–Crippen LogP) is 5.01. The number of cyclic esters (lactones) is 2. The number of hydrogen-bond donors (Lipinski definition) is 0. The lowest BCUT2D eigenvalue weighted by molar-refractivity contribution is 0.0391. The van der Waals surface area contributed by atoms with Crippen LogP contribution in [0.5, 0.6) is 11.5 Å². The highest BCUT2D eigenvalue weighted by molar-refractivity contribution is 6.49. The molecule has 6 heteroatoms. The number of benzene rings is 4. The molecule has 32 heavy (non-hydrogen) atoms. The fraction of sp³-hybridized carbons (Fsp3) is 0. The van der Waals surface area contributed by atoms with Gasteiger partial charge in [-0.2, -0.15) is 0 Å². The molecule has 0 unspecified atom stereocenters. The Bertz CT molecular complexity index is 1400. The van der Waals surface area contributed by atoms with E-state index in [9.17, 15) is 19.2 Å². The molecule has 0 amide bonds. The molecule has 0 saturated carbocycles. The first-order chi connectivity index (χ1) is 15.5. The number of Topliss-reactive ketones (excluding diaryl/α,β-unsaturated/α-hetero) is 2. The van der Waals surface area contributed by atoms with E-state index in [0.717, 1.165) is 0 Å². The van der Waals surface area contributed by atoms with E-state index >= 15 is 0 Å². The minimum atomic E-state index is -0.698. The molecule has 4 aromatic carbocycles. The van der Waals surface area contributed by atoms with Gasteiger partial charge in [-0.1, -0.05) is 42.5 Å². The number of carbonyl (C=O) groups is 4. The average molecular weight is 422 g/mol. The molecule has 0 aliphatic carbocycles. The summed E-state index contributed by atoms with van der Waals surface area (Å²) in [6.07, 6.45) is 0. The zero-order valence-corrected chi connectivity index (χ0v) is 16.5. The van der Waals surface area contributed by atoms with Crippen LogP contribution in [0.3, 0.4) is 0 Å². The quantitative estimate of drug-likeness (QED) is 0.195. The first-order valence-electron chi connectivity index (χ1n) is 9.77. The molecule has 0 N–H and O–H groups in total. The Morgan fingerprint density at radius 1 is 0.625 bits per heavy atom. The average Bonchev–Trinajstić information content (AvgIpc) is 2.83. The summed E-state index contributed by atoms with van der Waals surface area (Å²) in [5.74, 6) is -1.72. The molecule has 1 heterocycles. The van der Waals surface area contributed by atoms with Crippen molar-refractivity contribution in [2.45, 2.75) is 0 Å². The van der Waals surface area contributed by atoms with Gasteiger partial charge in [-0.05, 0) is 42.5 Å². The van der Waals surface area contributed by atoms with Crippen molar-refractivity contribution in [3.05, 3.63) is 107 Å². The fourth-order valence-electron chi connectivity index (χ4n) is 3.66. The van der Waals surface area contributed by atoms with Gasteiger partial charge in [0.15, 0.2) is 0 Å². The van der Waals surface area contributed by atoms with Gasteiger partial charge in [0, 0.05) is 21.9 Å². The summed E-state index contributed by atoms with van der Waals surface area (Å²) in [5, 5.41) is 1.07. The third-order valence-corrected chi connectivity index (χ3v) is 5.21. The van der Waals surface area contributed by atoms with Gasteiger partial charge in [-0.25, -0.2) is 9.59 Å². The second kappa shape index (κ2) is 7.59. The van der Waals surface area contributed by atoms with Gasteiger partial charge in [0.1, 0.15) is 11.5 Å². The summed E-state index contributed by atoms with van der Waals surface area (Å²) in [6.45, 7) is 0. The molecule has 0 saturated heterocycles. The summed E-state index contributed by atoms with van der Waals surface area (Å²) in [7, 11) is 0. The number of esters is 2. The topological polar surface area (TPSA) is 86.7 Å². The van der Waals surface area contributed by atoms with Gasteiger partial charge in [-0.15, -0.1) is 0 Å². The highest BCUT2D eigenvalue weighted by Gasteiger charge is 2.28. The van der Waals surface area contributed by atoms with Crippen LogP contribution in [0.15, 0.2) is 84.9 Å². The molecule has 6 nitrogen and oxygen atoms in total. The highest BCUT2D eigenvalue weighted by Crippen LogP contribution is 2.36. The molecule has 0 atom stereocenters. The van der Waals surface area contributed by atoms with Crippen LogP contribution in [-0.4, -0.2) is 23.5 Å². The molecule has 1 aliphatic heterocycles. The predicted molar refractivity (Wildman–Crippen MR) is 115 cm³/mol. The van der Waals surface area contributed by atoms with E-state index in [0.29, 0.717) is 39.0 Å². The molecule has 154 valence electrons. The monoisotopic (exact) mass is 422 g/mol. The molecule has 0 bridgehead atoms. The second-order valence-electron chi connectivity index (χ2n) is 7.17. The molecule has 0 radical (unpaired) electrons. The molecule has 0 spiro atoms. The van der Waals surface area contributed by atoms with Crippen molar-refractivity contribution in [2.24, 2.45) is 0 Å². The van der Waals surface area contributed by atoms with E-state index < -0.39 is 23.5 Å². The SMILES string of the molecule is O=C(C(=O)c1ccc(Oc2ccc3c4c(cccc24)C(=O)OC3=O)cc1)c1ccccc1. The van der Waals surface area contributed by atoms with Gasteiger partial charge in [0.25, 0.3) is 0 Å². The first-order valence-corrected chi connectivity index (χ1v) is 9.77. The van der Waals surface area contributed by atoms with E-state index in [1.807, 2.05) is 0 Å². The summed E-state index contributed by atoms with van der Waals surface area (Å²) in [6, 6.07) is 22.8. The lowest BCUT2D eigenvalue weighted by Gasteiger charge is -2.17. The van der Waals surface area contributed by atoms with Crippen LogP contribution >= 0.6 is 0 Å². The number of rotatable bonds is 5. The number of hydrogen-bond acceptors (Lipinski definition) is 6. The lowest BCUT2D eigenvalue weighted by atomic mass is 9.96.